The molecule has 4 nitrogen and oxygen atoms in total. The second-order valence-electron chi connectivity index (χ2n) is 9.23. The van der Waals surface area contributed by atoms with Crippen molar-refractivity contribution >= 4 is 13.7 Å². The Morgan fingerprint density at radius 2 is 1.61 bits per heavy atom. The van der Waals surface area contributed by atoms with Crippen LogP contribution in [0.5, 0.6) is 0 Å². The highest BCUT2D eigenvalue weighted by Gasteiger charge is 2.36. The topological polar surface area (TPSA) is 84.5 Å². The van der Waals surface area contributed by atoms with E-state index >= 15 is 0 Å². The van der Waals surface area contributed by atoms with E-state index < -0.39 is 8.38 Å². The maximum Gasteiger partial charge on any atom is 0.199 e. The molecular formula is C26H32NO3P. The summed E-state index contributed by atoms with van der Waals surface area (Å²) in [5.74, 6) is 1.18. The predicted molar refractivity (Wildman–Crippen MR) is 124 cm³/mol. The van der Waals surface area contributed by atoms with E-state index in [9.17, 15) is 20.2 Å². The van der Waals surface area contributed by atoms with Gasteiger partial charge in [-0.3, -0.25) is 0 Å². The van der Waals surface area contributed by atoms with Crippen molar-refractivity contribution in [2.24, 2.45) is 17.8 Å². The van der Waals surface area contributed by atoms with Crippen LogP contribution in [0, 0.1) is 29.1 Å². The molecule has 0 aromatic heterocycles. The van der Waals surface area contributed by atoms with Crippen molar-refractivity contribution in [2.45, 2.75) is 63.4 Å². The molecule has 0 spiro atoms. The zero-order valence-corrected chi connectivity index (χ0v) is 18.8. The molecule has 2 saturated carbocycles. The number of hydrogen-bond acceptors (Lipinski definition) is 4. The van der Waals surface area contributed by atoms with Crippen LogP contribution in [0.1, 0.15) is 73.7 Å². The molecule has 2 aliphatic rings. The molecule has 0 heterocycles. The minimum absolute atomic E-state index is 0.0794. The van der Waals surface area contributed by atoms with Crippen molar-refractivity contribution in [3.63, 3.8) is 0 Å². The van der Waals surface area contributed by atoms with Crippen LogP contribution in [0.25, 0.3) is 0 Å². The maximum atomic E-state index is 10.7. The lowest BCUT2D eigenvalue weighted by atomic mass is 9.81. The maximum absolute atomic E-state index is 10.7. The van der Waals surface area contributed by atoms with E-state index in [2.05, 4.69) is 30.3 Å². The average Bonchev–Trinajstić information content (AvgIpc) is 3.47. The van der Waals surface area contributed by atoms with Crippen LogP contribution in [0.15, 0.2) is 48.5 Å². The van der Waals surface area contributed by atoms with Crippen LogP contribution < -0.4 is 5.30 Å². The summed E-state index contributed by atoms with van der Waals surface area (Å²) in [6.45, 7) is 0. The number of nitriles is 1. The minimum atomic E-state index is -2.04. The van der Waals surface area contributed by atoms with Gasteiger partial charge in [-0.1, -0.05) is 49.2 Å². The molecule has 0 radical (unpaired) electrons. The van der Waals surface area contributed by atoms with Gasteiger partial charge in [-0.15, -0.1) is 0 Å². The number of rotatable bonds is 7. The Hall–Kier alpha value is -1.76. The quantitative estimate of drug-likeness (QED) is 0.526. The molecule has 2 fully saturated rings. The van der Waals surface area contributed by atoms with E-state index in [0.717, 1.165) is 49.7 Å². The van der Waals surface area contributed by atoms with Crippen LogP contribution >= 0.6 is 8.38 Å². The summed E-state index contributed by atoms with van der Waals surface area (Å²) in [6.07, 6.45) is 8.14. The van der Waals surface area contributed by atoms with Crippen molar-refractivity contribution in [1.82, 2.24) is 0 Å². The summed E-state index contributed by atoms with van der Waals surface area (Å²) < 4.78 is 0. The van der Waals surface area contributed by atoms with Crippen LogP contribution in [0.3, 0.4) is 0 Å². The lowest BCUT2D eigenvalue weighted by molar-refractivity contribution is 0.111. The van der Waals surface area contributed by atoms with Crippen molar-refractivity contribution < 1.29 is 14.9 Å². The molecule has 164 valence electrons. The molecule has 2 aromatic rings. The largest absolute Gasteiger partial charge is 0.388 e. The molecule has 0 aliphatic heterocycles. The second-order valence-corrected chi connectivity index (χ2v) is 10.3. The Labute approximate surface area is 186 Å². The second kappa shape index (κ2) is 10.2. The third-order valence-electron chi connectivity index (χ3n) is 7.47. The Morgan fingerprint density at radius 3 is 2.23 bits per heavy atom. The van der Waals surface area contributed by atoms with Gasteiger partial charge in [0.2, 0.25) is 0 Å². The van der Waals surface area contributed by atoms with Gasteiger partial charge in [-0.25, -0.2) is 0 Å². The summed E-state index contributed by atoms with van der Waals surface area (Å²) in [5.41, 5.74) is 3.47. The number of nitrogens with zero attached hydrogens (tertiary/aromatic N) is 1. The Bertz CT molecular complexity index is 884. The van der Waals surface area contributed by atoms with Gasteiger partial charge in [0.05, 0.1) is 12.2 Å². The molecule has 0 amide bonds. The zero-order chi connectivity index (χ0) is 21.8. The molecule has 2 aliphatic carbocycles. The first kappa shape index (κ1) is 22.4. The van der Waals surface area contributed by atoms with Crippen LogP contribution in [-0.2, 0) is 6.42 Å². The highest BCUT2D eigenvalue weighted by atomic mass is 31.2. The fraction of sp³-hybridized carbons (Fsp3) is 0.500. The predicted octanol–water partition coefficient (Wildman–Crippen LogP) is 5.10. The highest BCUT2D eigenvalue weighted by molar-refractivity contribution is 7.54. The smallest absolute Gasteiger partial charge is 0.199 e. The normalized spacial score (nSPS) is 25.1. The van der Waals surface area contributed by atoms with E-state index in [4.69, 9.17) is 0 Å². The molecule has 0 bridgehead atoms. The van der Waals surface area contributed by atoms with Crippen molar-refractivity contribution in [3.8, 4) is 6.07 Å². The number of benzene rings is 2. The Balaban J connectivity index is 1.43. The Kier molecular flexibility index (Phi) is 7.41. The number of aryl methyl sites for hydroxylation is 1. The van der Waals surface area contributed by atoms with Gasteiger partial charge in [-0.2, -0.15) is 5.26 Å². The molecule has 4 atom stereocenters. The molecule has 4 rings (SSSR count). The summed E-state index contributed by atoms with van der Waals surface area (Å²) in [6, 6.07) is 18.5. The van der Waals surface area contributed by atoms with Gasteiger partial charge in [0.25, 0.3) is 0 Å². The fourth-order valence-corrected chi connectivity index (χ4v) is 6.07. The fourth-order valence-electron chi connectivity index (χ4n) is 5.66. The lowest BCUT2D eigenvalue weighted by Gasteiger charge is -2.23. The van der Waals surface area contributed by atoms with Gasteiger partial charge in [-0.05, 0) is 85.1 Å². The monoisotopic (exact) mass is 437 g/mol. The van der Waals surface area contributed by atoms with Crippen molar-refractivity contribution in [3.05, 3.63) is 65.2 Å². The van der Waals surface area contributed by atoms with E-state index in [1.807, 2.05) is 12.1 Å². The number of hydrogen-bond donors (Lipinski definition) is 3. The number of aliphatic hydroxyl groups is 1. The third-order valence-corrected chi connectivity index (χ3v) is 8.23. The summed E-state index contributed by atoms with van der Waals surface area (Å²) >= 11 is 0. The van der Waals surface area contributed by atoms with Crippen LogP contribution in [0.4, 0.5) is 0 Å². The van der Waals surface area contributed by atoms with E-state index in [1.165, 1.54) is 18.4 Å². The molecule has 0 saturated heterocycles. The van der Waals surface area contributed by atoms with Gasteiger partial charge < -0.3 is 14.9 Å². The van der Waals surface area contributed by atoms with E-state index in [0.29, 0.717) is 23.1 Å². The van der Waals surface area contributed by atoms with E-state index in [1.54, 1.807) is 12.1 Å². The van der Waals surface area contributed by atoms with E-state index in [-0.39, 0.29) is 12.0 Å². The first-order valence-electron chi connectivity index (χ1n) is 11.5. The van der Waals surface area contributed by atoms with Gasteiger partial charge in [0.1, 0.15) is 0 Å². The molecule has 31 heavy (non-hydrogen) atoms. The summed E-state index contributed by atoms with van der Waals surface area (Å²) in [7, 11) is -2.04. The van der Waals surface area contributed by atoms with Crippen molar-refractivity contribution in [2.75, 3.05) is 0 Å². The highest BCUT2D eigenvalue weighted by Crippen LogP contribution is 2.46. The first-order chi connectivity index (χ1) is 15.1. The summed E-state index contributed by atoms with van der Waals surface area (Å²) in [4.78, 5) is 18.7. The van der Waals surface area contributed by atoms with Gasteiger partial charge in [0.15, 0.2) is 8.38 Å². The Morgan fingerprint density at radius 1 is 0.935 bits per heavy atom. The van der Waals surface area contributed by atoms with Gasteiger partial charge in [0, 0.05) is 11.2 Å². The van der Waals surface area contributed by atoms with Crippen LogP contribution in [0.2, 0.25) is 0 Å². The lowest BCUT2D eigenvalue weighted by Crippen LogP contribution is -2.15. The van der Waals surface area contributed by atoms with Crippen LogP contribution in [-0.4, -0.2) is 14.9 Å². The average molecular weight is 438 g/mol. The number of aliphatic hydroxyl groups excluding tert-OH is 1. The molecule has 3 N–H and O–H groups in total. The minimum Gasteiger partial charge on any atom is -0.388 e. The van der Waals surface area contributed by atoms with Gasteiger partial charge >= 0.3 is 0 Å². The zero-order valence-electron chi connectivity index (χ0n) is 17.9. The third kappa shape index (κ3) is 5.18. The molecule has 5 heteroatoms. The molecule has 4 unspecified atom stereocenters. The standard InChI is InChI=1S/C26H32NO3P/c27-17-22-12-16-24(25(22)15-7-18-5-13-23(14-6-18)31(29)30)19-8-10-21(11-9-19)26(28)20-3-1-2-4-20/h5-6,8-11,13-14,20,22,24-26,28-30H,1-4,7,12,15-16H2. The molecular weight excluding hydrogens is 405 g/mol. The van der Waals surface area contributed by atoms with Crippen molar-refractivity contribution in [1.29, 1.82) is 5.26 Å². The first-order valence-corrected chi connectivity index (χ1v) is 12.8. The molecule has 2 aromatic carbocycles. The summed E-state index contributed by atoms with van der Waals surface area (Å²) in [5, 5.41) is 21.0. The SMILES string of the molecule is N#CC1CCC(c2ccc(C(O)C3CCCC3)cc2)C1CCc1ccc(P(O)O)cc1.